The standard InChI is InChI=1S/C21H23NO2/c1-4-14-5-10-19-17(11-14)18(12-20(23)24)21(22-19)16-8-6-15(7-9-16)13(2)3/h5-11,13,22H,4,12H2,1-3H3,(H,23,24). The number of carboxylic acids is 1. The summed E-state index contributed by atoms with van der Waals surface area (Å²) >= 11 is 0. The Bertz CT molecular complexity index is 873. The first-order valence-electron chi connectivity index (χ1n) is 8.45. The van der Waals surface area contributed by atoms with Crippen LogP contribution in [0.4, 0.5) is 0 Å². The van der Waals surface area contributed by atoms with Crippen molar-refractivity contribution in [3.05, 3.63) is 59.2 Å². The summed E-state index contributed by atoms with van der Waals surface area (Å²) in [6, 6.07) is 14.6. The summed E-state index contributed by atoms with van der Waals surface area (Å²) in [5.41, 5.74) is 6.30. The zero-order valence-electron chi connectivity index (χ0n) is 14.4. The molecule has 0 radical (unpaired) electrons. The molecule has 0 amide bonds. The number of aryl methyl sites for hydroxylation is 1. The van der Waals surface area contributed by atoms with E-state index in [1.165, 1.54) is 11.1 Å². The van der Waals surface area contributed by atoms with Crippen LogP contribution in [0.15, 0.2) is 42.5 Å². The molecule has 0 atom stereocenters. The van der Waals surface area contributed by atoms with Gasteiger partial charge >= 0.3 is 5.97 Å². The molecule has 1 aromatic heterocycles. The Balaban J connectivity index is 2.16. The van der Waals surface area contributed by atoms with Crippen LogP contribution in [0.2, 0.25) is 0 Å². The van der Waals surface area contributed by atoms with Crippen LogP contribution in [-0.4, -0.2) is 16.1 Å². The number of H-pyrrole nitrogens is 1. The molecule has 2 N–H and O–H groups in total. The molecule has 3 nitrogen and oxygen atoms in total. The zero-order valence-corrected chi connectivity index (χ0v) is 14.4. The van der Waals surface area contributed by atoms with Gasteiger partial charge in [0.25, 0.3) is 0 Å². The monoisotopic (exact) mass is 321 g/mol. The van der Waals surface area contributed by atoms with Crippen molar-refractivity contribution >= 4 is 16.9 Å². The minimum absolute atomic E-state index is 0.0223. The van der Waals surface area contributed by atoms with E-state index in [-0.39, 0.29) is 6.42 Å². The van der Waals surface area contributed by atoms with Crippen LogP contribution < -0.4 is 0 Å². The summed E-state index contributed by atoms with van der Waals surface area (Å²) in [6.07, 6.45) is 0.959. The molecule has 0 unspecified atom stereocenters. The summed E-state index contributed by atoms with van der Waals surface area (Å²) in [5.74, 6) is -0.329. The van der Waals surface area contributed by atoms with E-state index in [9.17, 15) is 9.90 Å². The van der Waals surface area contributed by atoms with E-state index in [0.717, 1.165) is 34.1 Å². The van der Waals surface area contributed by atoms with Crippen molar-refractivity contribution in [2.24, 2.45) is 0 Å². The van der Waals surface area contributed by atoms with Crippen LogP contribution in [0.3, 0.4) is 0 Å². The average molecular weight is 321 g/mol. The number of rotatable bonds is 5. The number of aromatic nitrogens is 1. The van der Waals surface area contributed by atoms with Crippen LogP contribution in [0.25, 0.3) is 22.2 Å². The third-order valence-electron chi connectivity index (χ3n) is 4.57. The minimum Gasteiger partial charge on any atom is -0.481 e. The summed E-state index contributed by atoms with van der Waals surface area (Å²) < 4.78 is 0. The topological polar surface area (TPSA) is 53.1 Å². The molecule has 0 saturated carbocycles. The number of carboxylic acid groups (broad SMARTS) is 1. The minimum atomic E-state index is -0.808. The number of hydrogen-bond acceptors (Lipinski definition) is 1. The van der Waals surface area contributed by atoms with Crippen LogP contribution in [0, 0.1) is 0 Å². The first kappa shape index (κ1) is 16.3. The predicted molar refractivity (Wildman–Crippen MR) is 98.5 cm³/mol. The maximum absolute atomic E-state index is 11.4. The molecule has 0 bridgehead atoms. The molecule has 0 aliphatic carbocycles. The van der Waals surface area contributed by atoms with Crippen molar-refractivity contribution < 1.29 is 9.90 Å². The second-order valence-corrected chi connectivity index (χ2v) is 6.56. The van der Waals surface area contributed by atoms with E-state index in [1.807, 2.05) is 6.07 Å². The molecule has 0 aliphatic heterocycles. The molecule has 3 aromatic rings. The Morgan fingerprint density at radius 1 is 1.12 bits per heavy atom. The van der Waals surface area contributed by atoms with E-state index in [0.29, 0.717) is 5.92 Å². The maximum Gasteiger partial charge on any atom is 0.307 e. The smallest absolute Gasteiger partial charge is 0.307 e. The fraction of sp³-hybridized carbons (Fsp3) is 0.286. The van der Waals surface area contributed by atoms with Crippen molar-refractivity contribution in [2.45, 2.75) is 39.5 Å². The van der Waals surface area contributed by atoms with Crippen LogP contribution >= 0.6 is 0 Å². The lowest BCUT2D eigenvalue weighted by Crippen LogP contribution is -2.01. The number of fused-ring (bicyclic) bond motifs is 1. The van der Waals surface area contributed by atoms with Gasteiger partial charge in [-0.05, 0) is 46.7 Å². The fourth-order valence-electron chi connectivity index (χ4n) is 3.13. The van der Waals surface area contributed by atoms with Crippen molar-refractivity contribution in [1.29, 1.82) is 0 Å². The average Bonchev–Trinajstić information content (AvgIpc) is 2.92. The van der Waals surface area contributed by atoms with Gasteiger partial charge in [0.2, 0.25) is 0 Å². The second-order valence-electron chi connectivity index (χ2n) is 6.56. The van der Waals surface area contributed by atoms with Crippen molar-refractivity contribution in [3.8, 4) is 11.3 Å². The van der Waals surface area contributed by atoms with Crippen molar-refractivity contribution in [2.75, 3.05) is 0 Å². The van der Waals surface area contributed by atoms with Crippen molar-refractivity contribution in [1.82, 2.24) is 4.98 Å². The molecule has 2 aromatic carbocycles. The Labute approximate surface area is 142 Å². The van der Waals surface area contributed by atoms with Crippen LogP contribution in [0.5, 0.6) is 0 Å². The van der Waals surface area contributed by atoms with Gasteiger partial charge in [-0.2, -0.15) is 0 Å². The quantitative estimate of drug-likeness (QED) is 0.683. The molecule has 124 valence electrons. The number of aliphatic carboxylic acids is 1. The second kappa shape index (κ2) is 6.52. The summed E-state index contributed by atoms with van der Waals surface area (Å²) in [5, 5.41) is 10.4. The summed E-state index contributed by atoms with van der Waals surface area (Å²) in [7, 11) is 0. The highest BCUT2D eigenvalue weighted by Crippen LogP contribution is 2.32. The normalized spacial score (nSPS) is 11.3. The lowest BCUT2D eigenvalue weighted by molar-refractivity contribution is -0.136. The SMILES string of the molecule is CCc1ccc2[nH]c(-c3ccc(C(C)C)cc3)c(CC(=O)O)c2c1. The van der Waals surface area contributed by atoms with E-state index in [4.69, 9.17) is 0 Å². The molecular formula is C21H23NO2. The van der Waals surface area contributed by atoms with Gasteiger partial charge in [-0.25, -0.2) is 0 Å². The molecule has 0 saturated heterocycles. The molecule has 3 heteroatoms. The van der Waals surface area contributed by atoms with E-state index in [1.54, 1.807) is 0 Å². The molecule has 24 heavy (non-hydrogen) atoms. The molecule has 0 fully saturated rings. The highest BCUT2D eigenvalue weighted by atomic mass is 16.4. The third-order valence-corrected chi connectivity index (χ3v) is 4.57. The van der Waals surface area contributed by atoms with Gasteiger partial charge in [-0.1, -0.05) is 51.1 Å². The Hall–Kier alpha value is -2.55. The molecule has 0 aliphatic rings. The van der Waals surface area contributed by atoms with E-state index in [2.05, 4.69) is 62.2 Å². The van der Waals surface area contributed by atoms with E-state index < -0.39 is 5.97 Å². The highest BCUT2D eigenvalue weighted by molar-refractivity contribution is 5.94. The van der Waals surface area contributed by atoms with Gasteiger partial charge in [0.1, 0.15) is 0 Å². The highest BCUT2D eigenvalue weighted by Gasteiger charge is 2.16. The first-order chi connectivity index (χ1) is 11.5. The first-order valence-corrected chi connectivity index (χ1v) is 8.45. The lowest BCUT2D eigenvalue weighted by atomic mass is 9.98. The number of hydrogen-bond donors (Lipinski definition) is 2. The van der Waals surface area contributed by atoms with Gasteiger partial charge in [-0.3, -0.25) is 4.79 Å². The van der Waals surface area contributed by atoms with Crippen LogP contribution in [-0.2, 0) is 17.6 Å². The fourth-order valence-corrected chi connectivity index (χ4v) is 3.13. The molecular weight excluding hydrogens is 298 g/mol. The molecule has 0 spiro atoms. The number of aromatic amines is 1. The predicted octanol–water partition coefficient (Wildman–Crippen LogP) is 5.15. The summed E-state index contributed by atoms with van der Waals surface area (Å²) in [6.45, 7) is 6.44. The Kier molecular flexibility index (Phi) is 4.43. The van der Waals surface area contributed by atoms with Gasteiger partial charge in [0, 0.05) is 10.9 Å². The zero-order chi connectivity index (χ0) is 17.3. The van der Waals surface area contributed by atoms with Crippen LogP contribution in [0.1, 0.15) is 43.4 Å². The van der Waals surface area contributed by atoms with E-state index >= 15 is 0 Å². The van der Waals surface area contributed by atoms with Gasteiger partial charge in [-0.15, -0.1) is 0 Å². The largest absolute Gasteiger partial charge is 0.481 e. The number of carbonyl (C=O) groups is 1. The Morgan fingerprint density at radius 2 is 1.83 bits per heavy atom. The lowest BCUT2D eigenvalue weighted by Gasteiger charge is -2.07. The summed E-state index contributed by atoms with van der Waals surface area (Å²) in [4.78, 5) is 14.8. The van der Waals surface area contributed by atoms with Crippen molar-refractivity contribution in [3.63, 3.8) is 0 Å². The van der Waals surface area contributed by atoms with Gasteiger partial charge in [0.15, 0.2) is 0 Å². The van der Waals surface area contributed by atoms with Gasteiger partial charge in [0.05, 0.1) is 12.1 Å². The number of nitrogens with one attached hydrogen (secondary N) is 1. The molecule has 3 rings (SSSR count). The molecule has 1 heterocycles. The Morgan fingerprint density at radius 3 is 2.42 bits per heavy atom. The maximum atomic E-state index is 11.4. The third kappa shape index (κ3) is 3.07. The van der Waals surface area contributed by atoms with Gasteiger partial charge < -0.3 is 10.1 Å². The number of benzene rings is 2.